The van der Waals surface area contributed by atoms with Crippen molar-refractivity contribution in [2.24, 2.45) is 0 Å². The molecular formula is C22H12Hg2N2O8. The van der Waals surface area contributed by atoms with Crippen molar-refractivity contribution in [3.63, 3.8) is 0 Å². The molecule has 0 bridgehead atoms. The zero-order chi connectivity index (χ0) is 25.2. The Bertz CT molecular complexity index is 1490. The molecule has 4 aromatic carbocycles. The van der Waals surface area contributed by atoms with Crippen LogP contribution in [0.3, 0.4) is 0 Å². The molecule has 0 fully saturated rings. The van der Waals surface area contributed by atoms with Crippen LogP contribution in [0.1, 0.15) is 20.7 Å². The average Bonchev–Trinajstić information content (AvgIpc) is 2.78. The summed E-state index contributed by atoms with van der Waals surface area (Å²) in [6.45, 7) is 0. The van der Waals surface area contributed by atoms with Gasteiger partial charge in [-0.05, 0) is 0 Å². The van der Waals surface area contributed by atoms with Crippen LogP contribution in [-0.4, -0.2) is 32.0 Å². The van der Waals surface area contributed by atoms with Crippen molar-refractivity contribution in [3.8, 4) is 0 Å². The molecule has 0 unspecified atom stereocenters. The van der Waals surface area contributed by atoms with Gasteiger partial charge in [-0.2, -0.15) is 0 Å². The van der Waals surface area contributed by atoms with Crippen LogP contribution < -0.4 is 6.14 Å². The fourth-order valence-electron chi connectivity index (χ4n) is 3.55. The first-order valence-corrected chi connectivity index (χ1v) is 15.0. The van der Waals surface area contributed by atoms with E-state index < -0.39 is 21.8 Å². The molecule has 0 saturated heterocycles. The number of nitro benzene ring substituents is 2. The Morgan fingerprint density at radius 3 is 1.65 bits per heavy atom. The molecular weight excluding hydrogens is 821 g/mol. The molecule has 0 aliphatic heterocycles. The SMILES string of the molecule is O=C(O)c1cc([N+](=O)[O-])cc2ccc[c]([Hg])c12.O=C(O)c1cccc2cc([N+](=O)[O-])c[c]([Hg])c12. The van der Waals surface area contributed by atoms with Gasteiger partial charge in [-0.3, -0.25) is 0 Å². The van der Waals surface area contributed by atoms with Crippen LogP contribution in [0, 0.1) is 20.2 Å². The maximum absolute atomic E-state index is 11.1. The van der Waals surface area contributed by atoms with Gasteiger partial charge < -0.3 is 0 Å². The predicted molar refractivity (Wildman–Crippen MR) is 114 cm³/mol. The van der Waals surface area contributed by atoms with Crippen molar-refractivity contribution < 1.29 is 81.9 Å². The number of benzene rings is 4. The van der Waals surface area contributed by atoms with Gasteiger partial charge >= 0.3 is 225 Å². The van der Waals surface area contributed by atoms with E-state index in [1.54, 1.807) is 24.3 Å². The molecule has 4 aromatic rings. The second-order valence-electron chi connectivity index (χ2n) is 7.14. The summed E-state index contributed by atoms with van der Waals surface area (Å²) in [6, 6.07) is 15.6. The number of hydrogen-bond donors (Lipinski definition) is 2. The molecule has 0 amide bonds. The molecule has 34 heavy (non-hydrogen) atoms. The van der Waals surface area contributed by atoms with E-state index in [1.807, 2.05) is 6.07 Å². The van der Waals surface area contributed by atoms with E-state index >= 15 is 0 Å². The van der Waals surface area contributed by atoms with Gasteiger partial charge in [0.2, 0.25) is 0 Å². The fourth-order valence-corrected chi connectivity index (χ4v) is 7.96. The van der Waals surface area contributed by atoms with Gasteiger partial charge in [-0.15, -0.1) is 0 Å². The topological polar surface area (TPSA) is 161 Å². The minimum atomic E-state index is -1.13. The van der Waals surface area contributed by atoms with Crippen LogP contribution in [0.15, 0.2) is 60.7 Å². The van der Waals surface area contributed by atoms with Gasteiger partial charge in [-0.1, -0.05) is 0 Å². The Morgan fingerprint density at radius 1 is 0.676 bits per heavy atom. The van der Waals surface area contributed by atoms with Crippen molar-refractivity contribution in [2.75, 3.05) is 0 Å². The molecule has 0 saturated carbocycles. The van der Waals surface area contributed by atoms with Crippen LogP contribution in [0.2, 0.25) is 0 Å². The van der Waals surface area contributed by atoms with Gasteiger partial charge in [0, 0.05) is 0 Å². The molecule has 12 heteroatoms. The molecule has 0 aliphatic rings. The molecule has 10 nitrogen and oxygen atoms in total. The molecule has 0 radical (unpaired) electrons. The van der Waals surface area contributed by atoms with Gasteiger partial charge in [0.15, 0.2) is 0 Å². The Balaban J connectivity index is 0.000000191. The van der Waals surface area contributed by atoms with E-state index in [2.05, 4.69) is 0 Å². The number of nitrogens with zero attached hydrogens (tertiary/aromatic N) is 2. The number of rotatable bonds is 4. The van der Waals surface area contributed by atoms with Crippen molar-refractivity contribution in [1.29, 1.82) is 0 Å². The summed E-state index contributed by atoms with van der Waals surface area (Å²) >= 11 is 0.372. The number of carboxylic acids is 2. The Hall–Kier alpha value is -2.99. The van der Waals surface area contributed by atoms with Crippen LogP contribution in [-0.2, 0) is 52.2 Å². The number of non-ortho nitro benzene ring substituents is 2. The Labute approximate surface area is 223 Å². The standard InChI is InChI=1S/2C11H6NO4.2Hg/c13-11(14)10-3-1-2-7-6-8(12(15)16)4-5-9(7)10;13-11(14)10-6-8(12(15)16)5-7-3-1-2-4-9(7)10;;/h1-4,6H,(H,13,14);1-3,5-6H,(H,13,14);;. The first kappa shape index (κ1) is 25.6. The molecule has 0 heterocycles. The minimum absolute atomic E-state index is 0.0137. The average molecular weight is 834 g/mol. The van der Waals surface area contributed by atoms with Gasteiger partial charge in [-0.25, -0.2) is 0 Å². The summed E-state index contributed by atoms with van der Waals surface area (Å²) in [5, 5.41) is 42.1. The third kappa shape index (κ3) is 5.39. The Morgan fingerprint density at radius 2 is 1.15 bits per heavy atom. The molecule has 0 aromatic heterocycles. The van der Waals surface area contributed by atoms with Gasteiger partial charge in [0.05, 0.1) is 0 Å². The van der Waals surface area contributed by atoms with E-state index in [4.69, 9.17) is 10.2 Å². The van der Waals surface area contributed by atoms with Gasteiger partial charge in [0.1, 0.15) is 0 Å². The number of aromatic carboxylic acids is 2. The van der Waals surface area contributed by atoms with E-state index in [1.165, 1.54) is 24.3 Å². The van der Waals surface area contributed by atoms with E-state index in [0.29, 0.717) is 21.5 Å². The number of fused-ring (bicyclic) bond motifs is 2. The third-order valence-electron chi connectivity index (χ3n) is 4.97. The molecule has 4 rings (SSSR count). The fraction of sp³-hybridized carbons (Fsp3) is 0. The van der Waals surface area contributed by atoms with Crippen molar-refractivity contribution in [1.82, 2.24) is 0 Å². The summed E-state index contributed by atoms with van der Waals surface area (Å²) in [6.07, 6.45) is 0. The summed E-state index contributed by atoms with van der Waals surface area (Å²) in [4.78, 5) is 42.6. The zero-order valence-electron chi connectivity index (χ0n) is 17.4. The summed E-state index contributed by atoms with van der Waals surface area (Å²) in [5.41, 5.74) is 0.0565. The second kappa shape index (κ2) is 10.5. The summed E-state index contributed by atoms with van der Waals surface area (Å²) in [5.74, 6) is -2.13. The van der Waals surface area contributed by atoms with Crippen LogP contribution in [0.25, 0.3) is 21.5 Å². The molecule has 0 spiro atoms. The predicted octanol–water partition coefficient (Wildman–Crippen LogP) is 3.24. The Kier molecular flexibility index (Phi) is 7.93. The van der Waals surface area contributed by atoms with E-state index in [0.717, 1.165) is 12.2 Å². The van der Waals surface area contributed by atoms with Crippen molar-refractivity contribution in [3.05, 3.63) is 92.0 Å². The van der Waals surface area contributed by atoms with Gasteiger partial charge in [0.25, 0.3) is 0 Å². The monoisotopic (exact) mass is 836 g/mol. The number of hydrogen-bond acceptors (Lipinski definition) is 6. The summed E-state index contributed by atoms with van der Waals surface area (Å²) in [7, 11) is 0. The maximum atomic E-state index is 11.1. The number of carboxylic acid groups (broad SMARTS) is 2. The quantitative estimate of drug-likeness (QED) is 0.180. The van der Waals surface area contributed by atoms with Crippen molar-refractivity contribution >= 4 is 51.0 Å². The third-order valence-corrected chi connectivity index (χ3v) is 9.43. The van der Waals surface area contributed by atoms with Crippen LogP contribution in [0.4, 0.5) is 11.4 Å². The molecule has 0 atom stereocenters. The van der Waals surface area contributed by atoms with E-state index in [9.17, 15) is 29.8 Å². The zero-order valence-corrected chi connectivity index (χ0v) is 28.4. The molecule has 2 N–H and O–H groups in total. The molecule has 162 valence electrons. The molecule has 0 aliphatic carbocycles. The van der Waals surface area contributed by atoms with Crippen molar-refractivity contribution in [2.45, 2.75) is 0 Å². The first-order valence-electron chi connectivity index (χ1n) is 9.54. The number of nitro groups is 2. The van der Waals surface area contributed by atoms with Crippen LogP contribution >= 0.6 is 0 Å². The second-order valence-corrected chi connectivity index (χ2v) is 13.1. The number of carbonyl (C=O) groups is 2. The summed E-state index contributed by atoms with van der Waals surface area (Å²) < 4.78 is 1.77. The normalized spacial score (nSPS) is 10.5. The van der Waals surface area contributed by atoms with Crippen LogP contribution in [0.5, 0.6) is 0 Å². The first-order chi connectivity index (χ1) is 16.0. The van der Waals surface area contributed by atoms with E-state index in [-0.39, 0.29) is 74.7 Å².